The van der Waals surface area contributed by atoms with Crippen LogP contribution < -0.4 is 0 Å². The highest BCUT2D eigenvalue weighted by Gasteiger charge is 2.30. The number of amides is 1. The Balaban J connectivity index is 1.24. The minimum Gasteiger partial charge on any atom is -0.381 e. The number of carbonyl (C=O) groups excluding carboxylic acids is 1. The van der Waals surface area contributed by atoms with E-state index < -0.39 is 0 Å². The molecule has 2 aliphatic heterocycles. The van der Waals surface area contributed by atoms with Gasteiger partial charge < -0.3 is 18.9 Å². The van der Waals surface area contributed by atoms with Crippen LogP contribution in [0.2, 0.25) is 0 Å². The highest BCUT2D eigenvalue weighted by atomic mass is 16.5. The SMILES string of the molecule is O=C(C1CCOC1)N1CCC(OCc2noc(-c3cnccn3)n2)CC1. The van der Waals surface area contributed by atoms with Gasteiger partial charge >= 0.3 is 0 Å². The molecule has 0 spiro atoms. The van der Waals surface area contributed by atoms with E-state index in [0.29, 0.717) is 30.6 Å². The Hall–Kier alpha value is -2.39. The fourth-order valence-corrected chi connectivity index (χ4v) is 3.25. The summed E-state index contributed by atoms with van der Waals surface area (Å²) in [6.45, 7) is 2.96. The monoisotopic (exact) mass is 359 g/mol. The van der Waals surface area contributed by atoms with E-state index in [9.17, 15) is 4.79 Å². The molecule has 4 heterocycles. The van der Waals surface area contributed by atoms with Crippen molar-refractivity contribution in [3.8, 4) is 11.6 Å². The van der Waals surface area contributed by atoms with Crippen molar-refractivity contribution in [2.45, 2.75) is 32.0 Å². The third-order valence-corrected chi connectivity index (χ3v) is 4.73. The lowest BCUT2D eigenvalue weighted by molar-refractivity contribution is -0.138. The zero-order valence-electron chi connectivity index (χ0n) is 14.4. The molecule has 2 fully saturated rings. The fourth-order valence-electron chi connectivity index (χ4n) is 3.25. The number of aromatic nitrogens is 4. The lowest BCUT2D eigenvalue weighted by Crippen LogP contribution is -2.43. The summed E-state index contributed by atoms with van der Waals surface area (Å²) in [7, 11) is 0. The molecule has 2 aromatic heterocycles. The average Bonchev–Trinajstić information content (AvgIpc) is 3.39. The molecule has 4 rings (SSSR count). The zero-order chi connectivity index (χ0) is 17.8. The second-order valence-electron chi connectivity index (χ2n) is 6.50. The number of rotatable bonds is 5. The van der Waals surface area contributed by atoms with E-state index in [-0.39, 0.29) is 24.5 Å². The minimum atomic E-state index is 0.0336. The molecule has 1 atom stereocenters. The third-order valence-electron chi connectivity index (χ3n) is 4.73. The molecule has 1 amide bonds. The Morgan fingerprint density at radius 1 is 1.27 bits per heavy atom. The van der Waals surface area contributed by atoms with Crippen LogP contribution in [0.25, 0.3) is 11.6 Å². The Morgan fingerprint density at radius 3 is 2.88 bits per heavy atom. The molecule has 2 saturated heterocycles. The fraction of sp³-hybridized carbons (Fsp3) is 0.588. The van der Waals surface area contributed by atoms with Crippen LogP contribution in [0, 0.1) is 5.92 Å². The van der Waals surface area contributed by atoms with Gasteiger partial charge in [-0.15, -0.1) is 0 Å². The van der Waals surface area contributed by atoms with Crippen molar-refractivity contribution in [1.82, 2.24) is 25.0 Å². The van der Waals surface area contributed by atoms with Crippen molar-refractivity contribution < 1.29 is 18.8 Å². The number of ether oxygens (including phenoxy) is 2. The first kappa shape index (κ1) is 17.0. The number of likely N-dealkylation sites (tertiary alicyclic amines) is 1. The molecule has 2 aliphatic rings. The molecular formula is C17H21N5O4. The van der Waals surface area contributed by atoms with Crippen LogP contribution in [0.1, 0.15) is 25.1 Å². The molecule has 0 saturated carbocycles. The summed E-state index contributed by atoms with van der Waals surface area (Å²) in [5, 5.41) is 3.92. The van der Waals surface area contributed by atoms with Crippen LogP contribution in [0.15, 0.2) is 23.1 Å². The van der Waals surface area contributed by atoms with Gasteiger partial charge in [0, 0.05) is 32.1 Å². The molecule has 138 valence electrons. The zero-order valence-corrected chi connectivity index (χ0v) is 14.4. The van der Waals surface area contributed by atoms with Gasteiger partial charge in [-0.1, -0.05) is 5.16 Å². The van der Waals surface area contributed by atoms with Crippen molar-refractivity contribution >= 4 is 5.91 Å². The number of nitrogens with zero attached hydrogens (tertiary/aromatic N) is 5. The van der Waals surface area contributed by atoms with Gasteiger partial charge in [-0.2, -0.15) is 4.98 Å². The molecule has 26 heavy (non-hydrogen) atoms. The number of hydrogen-bond donors (Lipinski definition) is 0. The van der Waals surface area contributed by atoms with E-state index in [1.807, 2.05) is 4.90 Å². The maximum Gasteiger partial charge on any atom is 0.278 e. The molecule has 1 unspecified atom stereocenters. The Kier molecular flexibility index (Phi) is 5.16. The molecule has 0 radical (unpaired) electrons. The van der Waals surface area contributed by atoms with Crippen LogP contribution in [0.3, 0.4) is 0 Å². The lowest BCUT2D eigenvalue weighted by Gasteiger charge is -2.33. The van der Waals surface area contributed by atoms with Gasteiger partial charge in [0.2, 0.25) is 5.91 Å². The van der Waals surface area contributed by atoms with Gasteiger partial charge in [0.05, 0.1) is 24.8 Å². The lowest BCUT2D eigenvalue weighted by atomic mass is 10.0. The predicted molar refractivity (Wildman–Crippen MR) is 88.6 cm³/mol. The molecule has 0 aliphatic carbocycles. The summed E-state index contributed by atoms with van der Waals surface area (Å²) >= 11 is 0. The van der Waals surface area contributed by atoms with Crippen LogP contribution in [-0.4, -0.2) is 63.3 Å². The van der Waals surface area contributed by atoms with Crippen LogP contribution >= 0.6 is 0 Å². The topological polar surface area (TPSA) is 103 Å². The van der Waals surface area contributed by atoms with Crippen molar-refractivity contribution in [2.75, 3.05) is 26.3 Å². The van der Waals surface area contributed by atoms with E-state index in [1.165, 1.54) is 0 Å². The number of piperidine rings is 1. The average molecular weight is 359 g/mol. The van der Waals surface area contributed by atoms with Crippen molar-refractivity contribution in [3.05, 3.63) is 24.4 Å². The van der Waals surface area contributed by atoms with Crippen molar-refractivity contribution in [1.29, 1.82) is 0 Å². The van der Waals surface area contributed by atoms with Gasteiger partial charge in [0.15, 0.2) is 5.82 Å². The highest BCUT2D eigenvalue weighted by Crippen LogP contribution is 2.21. The Bertz CT molecular complexity index is 724. The van der Waals surface area contributed by atoms with Crippen LogP contribution in [0.4, 0.5) is 0 Å². The third kappa shape index (κ3) is 3.88. The first-order valence-corrected chi connectivity index (χ1v) is 8.86. The molecule has 0 aromatic carbocycles. The van der Waals surface area contributed by atoms with E-state index in [1.54, 1.807) is 18.6 Å². The molecule has 2 aromatic rings. The van der Waals surface area contributed by atoms with E-state index in [2.05, 4.69) is 20.1 Å². The Morgan fingerprint density at radius 2 is 2.15 bits per heavy atom. The summed E-state index contributed by atoms with van der Waals surface area (Å²) in [6, 6.07) is 0. The summed E-state index contributed by atoms with van der Waals surface area (Å²) in [5.41, 5.74) is 0.536. The summed E-state index contributed by atoms with van der Waals surface area (Å²) in [6.07, 6.45) is 7.28. The quantitative estimate of drug-likeness (QED) is 0.781. The normalized spacial score (nSPS) is 21.2. The van der Waals surface area contributed by atoms with Crippen LogP contribution in [-0.2, 0) is 20.9 Å². The van der Waals surface area contributed by atoms with E-state index in [4.69, 9.17) is 14.0 Å². The molecule has 0 bridgehead atoms. The maximum atomic E-state index is 12.4. The number of hydrogen-bond acceptors (Lipinski definition) is 8. The molecular weight excluding hydrogens is 338 g/mol. The predicted octanol–water partition coefficient (Wildman–Crippen LogP) is 1.07. The smallest absolute Gasteiger partial charge is 0.278 e. The first-order valence-electron chi connectivity index (χ1n) is 8.86. The second kappa shape index (κ2) is 7.88. The summed E-state index contributed by atoms with van der Waals surface area (Å²) in [4.78, 5) is 26.7. The van der Waals surface area contributed by atoms with Gasteiger partial charge in [0.25, 0.3) is 5.89 Å². The number of carbonyl (C=O) groups is 1. The highest BCUT2D eigenvalue weighted by molar-refractivity contribution is 5.79. The second-order valence-corrected chi connectivity index (χ2v) is 6.50. The summed E-state index contributed by atoms with van der Waals surface area (Å²) in [5.74, 6) is 1.06. The van der Waals surface area contributed by atoms with Gasteiger partial charge in [-0.05, 0) is 19.3 Å². The van der Waals surface area contributed by atoms with Gasteiger partial charge in [-0.25, -0.2) is 4.98 Å². The molecule has 9 nitrogen and oxygen atoms in total. The molecule has 9 heteroatoms. The minimum absolute atomic E-state index is 0.0336. The molecule has 0 N–H and O–H groups in total. The van der Waals surface area contributed by atoms with Gasteiger partial charge in [0.1, 0.15) is 12.3 Å². The summed E-state index contributed by atoms with van der Waals surface area (Å²) < 4.78 is 16.4. The van der Waals surface area contributed by atoms with Crippen molar-refractivity contribution in [3.63, 3.8) is 0 Å². The Labute approximate surface area is 150 Å². The van der Waals surface area contributed by atoms with Gasteiger partial charge in [-0.3, -0.25) is 9.78 Å². The standard InChI is InChI=1S/C17H21N5O4/c23-17(12-3-8-24-10-12)22-6-1-13(2-7-22)25-11-15-20-16(26-21-15)14-9-18-4-5-19-14/h4-5,9,12-13H,1-3,6-8,10-11H2. The van der Waals surface area contributed by atoms with Crippen LogP contribution in [0.5, 0.6) is 0 Å². The van der Waals surface area contributed by atoms with E-state index in [0.717, 1.165) is 32.4 Å². The van der Waals surface area contributed by atoms with Crippen molar-refractivity contribution in [2.24, 2.45) is 5.92 Å². The largest absolute Gasteiger partial charge is 0.381 e. The van der Waals surface area contributed by atoms with E-state index >= 15 is 0 Å². The maximum absolute atomic E-state index is 12.4. The first-order chi connectivity index (χ1) is 12.8.